The molecule has 35 heavy (non-hydrogen) atoms. The second-order valence-electron chi connectivity index (χ2n) is 8.13. The van der Waals surface area contributed by atoms with Gasteiger partial charge in [0.05, 0.1) is 20.1 Å². The van der Waals surface area contributed by atoms with E-state index in [1.54, 1.807) is 0 Å². The number of hydrogen-bond acceptors (Lipinski definition) is 10. The number of primary amides is 1. The van der Waals surface area contributed by atoms with Gasteiger partial charge in [-0.1, -0.05) is 0 Å². The van der Waals surface area contributed by atoms with Crippen LogP contribution in [0.3, 0.4) is 0 Å². The molecule has 1 fully saturated rings. The van der Waals surface area contributed by atoms with E-state index >= 15 is 0 Å². The van der Waals surface area contributed by atoms with E-state index in [1.807, 2.05) is 0 Å². The Morgan fingerprint density at radius 3 is 2.29 bits per heavy atom. The van der Waals surface area contributed by atoms with E-state index in [0.29, 0.717) is 0 Å². The zero-order valence-corrected chi connectivity index (χ0v) is 19.6. The molecule has 1 rings (SSSR count). The number of likely N-dealkylation sites (N-methyl/N-ethyl adjacent to an activating group) is 1. The molecule has 3 amide bonds. The Morgan fingerprint density at radius 2 is 1.83 bits per heavy atom. The van der Waals surface area contributed by atoms with Gasteiger partial charge in [0, 0.05) is 26.8 Å². The Bertz CT molecular complexity index is 846. The van der Waals surface area contributed by atoms with Crippen molar-refractivity contribution in [1.82, 2.24) is 10.2 Å². The maximum Gasteiger partial charge on any atom is 0.332 e. The third-order valence-electron chi connectivity index (χ3n) is 5.59. The van der Waals surface area contributed by atoms with Crippen LogP contribution in [-0.4, -0.2) is 117 Å². The third kappa shape index (κ3) is 8.40. The summed E-state index contributed by atoms with van der Waals surface area (Å²) < 4.78 is 19.7. The summed E-state index contributed by atoms with van der Waals surface area (Å²) in [6.07, 6.45) is -8.58. The van der Waals surface area contributed by atoms with Crippen LogP contribution in [0.5, 0.6) is 0 Å². The van der Waals surface area contributed by atoms with E-state index in [4.69, 9.17) is 32.5 Å². The number of nitrogens with two attached hydrogens (primary N) is 2. The Labute approximate surface area is 202 Å². The summed E-state index contributed by atoms with van der Waals surface area (Å²) in [5, 5.41) is 40.3. The molecule has 0 aromatic rings. The fourth-order valence-corrected chi connectivity index (χ4v) is 3.40. The molecule has 1 heterocycles. The van der Waals surface area contributed by atoms with Crippen molar-refractivity contribution in [3.05, 3.63) is 0 Å². The van der Waals surface area contributed by atoms with Gasteiger partial charge in [0.2, 0.25) is 17.7 Å². The van der Waals surface area contributed by atoms with Gasteiger partial charge < -0.3 is 51.6 Å². The third-order valence-corrected chi connectivity index (χ3v) is 5.59. The van der Waals surface area contributed by atoms with Crippen molar-refractivity contribution in [3.8, 4) is 0 Å². The van der Waals surface area contributed by atoms with Gasteiger partial charge in [-0.25, -0.2) is 4.79 Å². The summed E-state index contributed by atoms with van der Waals surface area (Å²) in [6, 6.07) is -5.28. The first-order chi connectivity index (χ1) is 16.6. The SMILES string of the molecule is [2H][C@](CC1O[C@H](CO)[C@@H](O)[C@H](O[C@H](C)C(=O)O)[C@H]1N)(C(=O)N[C@@H](CCC(=O)O)C(N)=O)N(C)C(C)=O. The summed E-state index contributed by atoms with van der Waals surface area (Å²) in [6.45, 7) is 1.51. The highest BCUT2D eigenvalue weighted by molar-refractivity contribution is 5.91. The average molecular weight is 508 g/mol. The molecule has 1 unspecified atom stereocenters. The number of aliphatic carboxylic acids is 2. The van der Waals surface area contributed by atoms with Gasteiger partial charge in [-0.05, 0) is 13.3 Å². The number of rotatable bonds is 13. The van der Waals surface area contributed by atoms with Gasteiger partial charge in [-0.15, -0.1) is 0 Å². The van der Waals surface area contributed by atoms with E-state index in [0.717, 1.165) is 18.9 Å². The smallest absolute Gasteiger partial charge is 0.332 e. The highest BCUT2D eigenvalue weighted by Gasteiger charge is 2.47. The number of aliphatic hydroxyl groups excluding tert-OH is 2. The largest absolute Gasteiger partial charge is 0.481 e. The van der Waals surface area contributed by atoms with Gasteiger partial charge >= 0.3 is 11.9 Å². The Kier molecular flexibility index (Phi) is 10.8. The molecule has 1 saturated heterocycles. The number of aliphatic hydroxyl groups is 2. The minimum atomic E-state index is -2.49. The molecule has 1 aliphatic rings. The second kappa shape index (κ2) is 13.3. The van der Waals surface area contributed by atoms with Crippen molar-refractivity contribution in [2.75, 3.05) is 13.7 Å². The van der Waals surface area contributed by atoms with Gasteiger partial charge in [-0.2, -0.15) is 0 Å². The van der Waals surface area contributed by atoms with E-state index in [9.17, 15) is 34.2 Å². The number of nitrogens with one attached hydrogen (secondary N) is 1. The summed E-state index contributed by atoms with van der Waals surface area (Å²) in [5.41, 5.74) is 11.4. The maximum absolute atomic E-state index is 13.2. The van der Waals surface area contributed by atoms with Crippen LogP contribution in [0.15, 0.2) is 0 Å². The molecule has 0 radical (unpaired) electrons. The van der Waals surface area contributed by atoms with Crippen LogP contribution in [0.25, 0.3) is 0 Å². The Hall–Kier alpha value is -2.85. The number of carboxylic acids is 2. The molecule has 8 atom stereocenters. The minimum absolute atomic E-state index is 0.377. The lowest BCUT2D eigenvalue weighted by Crippen LogP contribution is -2.65. The highest BCUT2D eigenvalue weighted by Crippen LogP contribution is 2.27. The molecular weight excluding hydrogens is 472 g/mol. The quantitative estimate of drug-likeness (QED) is 0.127. The molecular formula is C20H34N4O11. The van der Waals surface area contributed by atoms with Crippen molar-refractivity contribution in [1.29, 1.82) is 0 Å². The zero-order valence-electron chi connectivity index (χ0n) is 20.6. The number of nitrogens with zero attached hydrogens (tertiary/aromatic N) is 1. The van der Waals surface area contributed by atoms with Crippen LogP contribution in [0.1, 0.15) is 34.5 Å². The molecule has 0 aromatic carbocycles. The van der Waals surface area contributed by atoms with Crippen molar-refractivity contribution in [3.63, 3.8) is 0 Å². The van der Waals surface area contributed by atoms with Gasteiger partial charge in [0.25, 0.3) is 0 Å². The summed E-state index contributed by atoms with van der Waals surface area (Å²) >= 11 is 0. The van der Waals surface area contributed by atoms with Gasteiger partial charge in [0.15, 0.2) is 6.10 Å². The van der Waals surface area contributed by atoms with Crippen molar-refractivity contribution < 1.29 is 55.2 Å². The number of carboxylic acid groups (broad SMARTS) is 2. The molecule has 15 heteroatoms. The summed E-state index contributed by atoms with van der Waals surface area (Å²) in [7, 11) is 1.12. The number of hydrogen-bond donors (Lipinski definition) is 7. The maximum atomic E-state index is 13.2. The number of carbonyl (C=O) groups excluding carboxylic acids is 3. The zero-order chi connectivity index (χ0) is 28.0. The summed E-state index contributed by atoms with van der Waals surface area (Å²) in [4.78, 5) is 59.8. The first kappa shape index (κ1) is 28.4. The second-order valence-corrected chi connectivity index (χ2v) is 8.13. The molecule has 0 aromatic heterocycles. The van der Waals surface area contributed by atoms with Crippen LogP contribution in [-0.2, 0) is 33.4 Å². The lowest BCUT2D eigenvalue weighted by atomic mass is 9.89. The van der Waals surface area contributed by atoms with E-state index < -0.39 is 97.7 Å². The molecule has 0 spiro atoms. The molecule has 9 N–H and O–H groups in total. The van der Waals surface area contributed by atoms with Crippen molar-refractivity contribution >= 4 is 29.7 Å². The molecule has 0 bridgehead atoms. The van der Waals surface area contributed by atoms with Crippen molar-refractivity contribution in [2.45, 2.75) is 81.7 Å². The first-order valence-electron chi connectivity index (χ1n) is 11.2. The fraction of sp³-hybridized carbons (Fsp3) is 0.750. The van der Waals surface area contributed by atoms with Crippen LogP contribution >= 0.6 is 0 Å². The molecule has 15 nitrogen and oxygen atoms in total. The molecule has 1 aliphatic heterocycles. The number of ether oxygens (including phenoxy) is 2. The van der Waals surface area contributed by atoms with Crippen LogP contribution in [0, 0.1) is 0 Å². The number of carbonyl (C=O) groups is 5. The minimum Gasteiger partial charge on any atom is -0.481 e. The summed E-state index contributed by atoms with van der Waals surface area (Å²) in [5.74, 6) is -5.62. The Balaban J connectivity index is 3.31. The van der Waals surface area contributed by atoms with Crippen LogP contribution in [0.4, 0.5) is 0 Å². The molecule has 0 saturated carbocycles. The topological polar surface area (TPSA) is 252 Å². The Morgan fingerprint density at radius 1 is 1.23 bits per heavy atom. The average Bonchev–Trinajstić information content (AvgIpc) is 2.79. The molecule has 0 aliphatic carbocycles. The molecule has 200 valence electrons. The van der Waals surface area contributed by atoms with Gasteiger partial charge in [0.1, 0.15) is 30.4 Å². The fourth-order valence-electron chi connectivity index (χ4n) is 3.40. The van der Waals surface area contributed by atoms with Crippen molar-refractivity contribution in [2.24, 2.45) is 11.5 Å². The van der Waals surface area contributed by atoms with E-state index in [-0.39, 0.29) is 6.42 Å². The monoisotopic (exact) mass is 507 g/mol. The number of amides is 3. The lowest BCUT2D eigenvalue weighted by Gasteiger charge is -2.44. The van der Waals surface area contributed by atoms with Crippen LogP contribution < -0.4 is 16.8 Å². The predicted octanol–water partition coefficient (Wildman–Crippen LogP) is -3.64. The predicted molar refractivity (Wildman–Crippen MR) is 117 cm³/mol. The van der Waals surface area contributed by atoms with Crippen LogP contribution in [0.2, 0.25) is 0 Å². The van der Waals surface area contributed by atoms with E-state index in [1.165, 1.54) is 6.92 Å². The van der Waals surface area contributed by atoms with Gasteiger partial charge in [-0.3, -0.25) is 19.2 Å². The first-order valence-corrected chi connectivity index (χ1v) is 10.7. The highest BCUT2D eigenvalue weighted by atomic mass is 16.6. The van der Waals surface area contributed by atoms with E-state index in [2.05, 4.69) is 5.32 Å². The lowest BCUT2D eigenvalue weighted by molar-refractivity contribution is -0.217. The standard InChI is InChI=1S/C20H34N4O11/c1-8(20(32)33)34-17-15(21)12(35-13(7-25)16(17)29)6-11(24(3)9(2)26)19(31)23-10(18(22)30)4-5-14(27)28/h8,10-13,15-17,25,29H,4-7,21H2,1-3H3,(H2,22,30)(H,23,31)(H,27,28)(H,32,33)/t8-,10+,11+,12?,13-,15+,16-,17-/m1/s1/i11D. The normalized spacial score (nSPS) is 28.1.